The maximum atomic E-state index is 12.0. The van der Waals surface area contributed by atoms with E-state index in [1.54, 1.807) is 20.9 Å². The summed E-state index contributed by atoms with van der Waals surface area (Å²) in [5, 5.41) is 2.81. The third kappa shape index (κ3) is 5.94. The van der Waals surface area contributed by atoms with Crippen molar-refractivity contribution in [2.75, 3.05) is 18.9 Å². The number of nitrogens with zero attached hydrogens (tertiary/aromatic N) is 1. The van der Waals surface area contributed by atoms with Gasteiger partial charge in [0, 0.05) is 23.2 Å². The van der Waals surface area contributed by atoms with Crippen LogP contribution >= 0.6 is 28.3 Å². The van der Waals surface area contributed by atoms with Gasteiger partial charge in [0.2, 0.25) is 11.8 Å². The molecule has 0 heterocycles. The van der Waals surface area contributed by atoms with Crippen LogP contribution in [-0.2, 0) is 9.59 Å². The van der Waals surface area contributed by atoms with Crippen LogP contribution in [0, 0.1) is 12.8 Å². The normalized spacial score (nSPS) is 12.8. The second-order valence-corrected chi connectivity index (χ2v) is 6.27. The average Bonchev–Trinajstić information content (AvgIpc) is 2.40. The Morgan fingerprint density at radius 1 is 1.36 bits per heavy atom. The van der Waals surface area contributed by atoms with Crippen molar-refractivity contribution in [3.05, 3.63) is 28.2 Å². The Morgan fingerprint density at radius 3 is 2.45 bits per heavy atom. The first-order chi connectivity index (χ1) is 9.72. The second-order valence-electron chi connectivity index (χ2n) is 5.35. The molecule has 0 saturated carbocycles. The van der Waals surface area contributed by atoms with Gasteiger partial charge in [0.1, 0.15) is 0 Å². The zero-order valence-corrected chi connectivity index (χ0v) is 15.6. The molecule has 2 atom stereocenters. The first-order valence-electron chi connectivity index (χ1n) is 6.79. The molecule has 1 aromatic rings. The molecule has 2 unspecified atom stereocenters. The van der Waals surface area contributed by atoms with Crippen LogP contribution in [0.25, 0.3) is 0 Å². The number of benzene rings is 1. The second kappa shape index (κ2) is 9.12. The van der Waals surface area contributed by atoms with Crippen LogP contribution in [0.15, 0.2) is 22.7 Å². The topological polar surface area (TPSA) is 75.4 Å². The Balaban J connectivity index is 0.00000441. The molecule has 0 bridgehead atoms. The molecular weight excluding hydrogens is 370 g/mol. The van der Waals surface area contributed by atoms with Crippen molar-refractivity contribution < 1.29 is 9.59 Å². The number of halogens is 2. The lowest BCUT2D eigenvalue weighted by molar-refractivity contribution is -0.136. The van der Waals surface area contributed by atoms with Crippen LogP contribution in [-0.4, -0.2) is 36.3 Å². The minimum atomic E-state index is -0.308. The number of aryl methyl sites for hydroxylation is 1. The average molecular weight is 393 g/mol. The van der Waals surface area contributed by atoms with Gasteiger partial charge in [-0.2, -0.15) is 0 Å². The molecule has 0 saturated heterocycles. The number of anilines is 1. The summed E-state index contributed by atoms with van der Waals surface area (Å²) in [7, 11) is 1.61. The Hall–Kier alpha value is -1.11. The minimum absolute atomic E-state index is 0. The maximum Gasteiger partial charge on any atom is 0.243 e. The third-order valence-corrected chi connectivity index (χ3v) is 3.89. The Labute approximate surface area is 146 Å². The predicted octanol–water partition coefficient (Wildman–Crippen LogP) is 2.56. The van der Waals surface area contributed by atoms with E-state index in [2.05, 4.69) is 21.2 Å². The van der Waals surface area contributed by atoms with Gasteiger partial charge < -0.3 is 16.0 Å². The number of carbonyl (C=O) groups is 2. The highest BCUT2D eigenvalue weighted by molar-refractivity contribution is 9.10. The van der Waals surface area contributed by atoms with E-state index in [1.807, 2.05) is 25.1 Å². The van der Waals surface area contributed by atoms with E-state index in [4.69, 9.17) is 5.73 Å². The zero-order valence-electron chi connectivity index (χ0n) is 13.2. The molecule has 0 aromatic heterocycles. The van der Waals surface area contributed by atoms with Crippen molar-refractivity contribution in [1.82, 2.24) is 4.90 Å². The Bertz CT molecular complexity index is 538. The highest BCUT2D eigenvalue weighted by atomic mass is 79.9. The van der Waals surface area contributed by atoms with Crippen LogP contribution in [0.2, 0.25) is 0 Å². The molecule has 0 fully saturated rings. The number of hydrogen-bond donors (Lipinski definition) is 2. The largest absolute Gasteiger partial charge is 0.336 e. The molecule has 0 radical (unpaired) electrons. The van der Waals surface area contributed by atoms with Crippen molar-refractivity contribution in [1.29, 1.82) is 0 Å². The summed E-state index contributed by atoms with van der Waals surface area (Å²) >= 11 is 3.37. The first kappa shape index (κ1) is 20.9. The maximum absolute atomic E-state index is 12.0. The SMILES string of the molecule is Cc1cc(Br)ccc1NC(=O)CN(C)C(=O)C(C)C(C)N.Cl. The monoisotopic (exact) mass is 391 g/mol. The van der Waals surface area contributed by atoms with Crippen LogP contribution in [0.1, 0.15) is 19.4 Å². The molecule has 0 spiro atoms. The molecule has 7 heteroatoms. The molecule has 1 aromatic carbocycles. The summed E-state index contributed by atoms with van der Waals surface area (Å²) in [5.74, 6) is -0.668. The van der Waals surface area contributed by atoms with Crippen molar-refractivity contribution in [2.24, 2.45) is 11.7 Å². The van der Waals surface area contributed by atoms with Gasteiger partial charge in [-0.25, -0.2) is 0 Å². The van der Waals surface area contributed by atoms with Crippen LogP contribution in [0.5, 0.6) is 0 Å². The van der Waals surface area contributed by atoms with E-state index in [0.29, 0.717) is 0 Å². The van der Waals surface area contributed by atoms with Gasteiger partial charge in [-0.05, 0) is 37.6 Å². The fourth-order valence-electron chi connectivity index (χ4n) is 1.82. The minimum Gasteiger partial charge on any atom is -0.336 e. The van der Waals surface area contributed by atoms with E-state index in [0.717, 1.165) is 15.7 Å². The molecule has 124 valence electrons. The van der Waals surface area contributed by atoms with Crippen molar-refractivity contribution in [3.63, 3.8) is 0 Å². The van der Waals surface area contributed by atoms with Crippen molar-refractivity contribution in [2.45, 2.75) is 26.8 Å². The van der Waals surface area contributed by atoms with E-state index < -0.39 is 0 Å². The van der Waals surface area contributed by atoms with Gasteiger partial charge >= 0.3 is 0 Å². The van der Waals surface area contributed by atoms with E-state index in [9.17, 15) is 9.59 Å². The molecular formula is C15H23BrClN3O2. The van der Waals surface area contributed by atoms with Crippen molar-refractivity contribution >= 4 is 45.8 Å². The van der Waals surface area contributed by atoms with E-state index in [-0.39, 0.29) is 42.7 Å². The number of hydrogen-bond acceptors (Lipinski definition) is 3. The number of carbonyl (C=O) groups excluding carboxylic acids is 2. The zero-order chi connectivity index (χ0) is 16.2. The molecule has 5 nitrogen and oxygen atoms in total. The summed E-state index contributed by atoms with van der Waals surface area (Å²) in [4.78, 5) is 25.5. The summed E-state index contributed by atoms with van der Waals surface area (Å²) in [6, 6.07) is 5.36. The Kier molecular flexibility index (Phi) is 8.66. The molecule has 0 aliphatic rings. The molecule has 0 aliphatic heterocycles. The lowest BCUT2D eigenvalue weighted by Crippen LogP contribution is -2.42. The molecule has 22 heavy (non-hydrogen) atoms. The first-order valence-corrected chi connectivity index (χ1v) is 7.58. The van der Waals surface area contributed by atoms with Gasteiger partial charge in [-0.3, -0.25) is 9.59 Å². The molecule has 2 amide bonds. The van der Waals surface area contributed by atoms with Crippen LogP contribution in [0.4, 0.5) is 5.69 Å². The summed E-state index contributed by atoms with van der Waals surface area (Å²) < 4.78 is 0.955. The van der Waals surface area contributed by atoms with Crippen LogP contribution in [0.3, 0.4) is 0 Å². The van der Waals surface area contributed by atoms with Crippen molar-refractivity contribution in [3.8, 4) is 0 Å². The lowest BCUT2D eigenvalue weighted by atomic mass is 10.0. The van der Waals surface area contributed by atoms with Gasteiger partial charge in [0.15, 0.2) is 0 Å². The third-order valence-electron chi connectivity index (χ3n) is 3.40. The molecule has 1 rings (SSSR count). The summed E-state index contributed by atoms with van der Waals surface area (Å²) in [5.41, 5.74) is 7.40. The van der Waals surface area contributed by atoms with E-state index >= 15 is 0 Å². The lowest BCUT2D eigenvalue weighted by Gasteiger charge is -2.23. The Morgan fingerprint density at radius 2 is 1.95 bits per heavy atom. The number of nitrogens with one attached hydrogen (secondary N) is 1. The highest BCUT2D eigenvalue weighted by Crippen LogP contribution is 2.20. The van der Waals surface area contributed by atoms with Gasteiger partial charge in [-0.1, -0.05) is 22.9 Å². The van der Waals surface area contributed by atoms with E-state index in [1.165, 1.54) is 4.90 Å². The standard InChI is InChI=1S/C15H22BrN3O2.ClH/c1-9-7-12(16)5-6-13(9)18-14(20)8-19(4)15(21)10(2)11(3)17;/h5-7,10-11H,8,17H2,1-4H3,(H,18,20);1H. The summed E-state index contributed by atoms with van der Waals surface area (Å²) in [6.45, 7) is 5.46. The number of amides is 2. The number of nitrogens with two attached hydrogens (primary N) is 1. The van der Waals surface area contributed by atoms with Gasteiger partial charge in [0.25, 0.3) is 0 Å². The molecule has 0 aliphatic carbocycles. The quantitative estimate of drug-likeness (QED) is 0.808. The van der Waals surface area contributed by atoms with Crippen LogP contribution < -0.4 is 11.1 Å². The molecule has 3 N–H and O–H groups in total. The fourth-order valence-corrected chi connectivity index (χ4v) is 2.30. The van der Waals surface area contributed by atoms with Gasteiger partial charge in [0.05, 0.1) is 12.5 Å². The fraction of sp³-hybridized carbons (Fsp3) is 0.467. The predicted molar refractivity (Wildman–Crippen MR) is 95.2 cm³/mol. The highest BCUT2D eigenvalue weighted by Gasteiger charge is 2.22. The van der Waals surface area contributed by atoms with Gasteiger partial charge in [-0.15, -0.1) is 12.4 Å². The smallest absolute Gasteiger partial charge is 0.243 e. The summed E-state index contributed by atoms with van der Waals surface area (Å²) in [6.07, 6.45) is 0. The number of likely N-dealkylation sites (N-methyl/N-ethyl adjacent to an activating group) is 1. The number of rotatable bonds is 5.